The molecule has 3 heteroatoms. The van der Waals surface area contributed by atoms with Gasteiger partial charge in [-0.05, 0) is 24.1 Å². The average Bonchev–Trinajstić information content (AvgIpc) is 2.25. The highest BCUT2D eigenvalue weighted by molar-refractivity contribution is 9.10. The van der Waals surface area contributed by atoms with Crippen molar-refractivity contribution in [1.29, 1.82) is 0 Å². The summed E-state index contributed by atoms with van der Waals surface area (Å²) in [6.45, 7) is 4.56. The largest absolute Gasteiger partial charge is 0.352 e. The van der Waals surface area contributed by atoms with Crippen molar-refractivity contribution in [3.63, 3.8) is 0 Å². The fourth-order valence-electron chi connectivity index (χ4n) is 1.20. The van der Waals surface area contributed by atoms with Crippen molar-refractivity contribution in [2.24, 2.45) is 5.92 Å². The molecule has 1 N–H and O–H groups in total. The minimum Gasteiger partial charge on any atom is -0.352 e. The van der Waals surface area contributed by atoms with Gasteiger partial charge in [0.05, 0.1) is 0 Å². The highest BCUT2D eigenvalue weighted by Gasteiger charge is 2.09. The fourth-order valence-corrected chi connectivity index (χ4v) is 1.64. The SMILES string of the molecule is CCC(C)C(=O)NCc1cccc(Br)c1. The van der Waals surface area contributed by atoms with Gasteiger partial charge in [-0.15, -0.1) is 0 Å². The van der Waals surface area contributed by atoms with E-state index in [2.05, 4.69) is 21.2 Å². The predicted molar refractivity (Wildman–Crippen MR) is 65.4 cm³/mol. The van der Waals surface area contributed by atoms with E-state index in [9.17, 15) is 4.79 Å². The Morgan fingerprint density at radius 3 is 2.87 bits per heavy atom. The molecule has 0 aromatic heterocycles. The number of amides is 1. The summed E-state index contributed by atoms with van der Waals surface area (Å²) in [5, 5.41) is 2.92. The van der Waals surface area contributed by atoms with Crippen LogP contribution in [0, 0.1) is 5.92 Å². The molecule has 1 rings (SSSR count). The first-order chi connectivity index (χ1) is 7.13. The van der Waals surface area contributed by atoms with Crippen LogP contribution in [0.2, 0.25) is 0 Å². The van der Waals surface area contributed by atoms with Crippen LogP contribution in [0.25, 0.3) is 0 Å². The van der Waals surface area contributed by atoms with Crippen molar-refractivity contribution in [3.8, 4) is 0 Å². The summed E-state index contributed by atoms with van der Waals surface area (Å²) in [6, 6.07) is 7.95. The normalized spacial score (nSPS) is 12.2. The van der Waals surface area contributed by atoms with Crippen LogP contribution < -0.4 is 5.32 Å². The van der Waals surface area contributed by atoms with Crippen LogP contribution in [-0.4, -0.2) is 5.91 Å². The Hall–Kier alpha value is -0.830. The van der Waals surface area contributed by atoms with E-state index in [0.717, 1.165) is 16.5 Å². The minimum absolute atomic E-state index is 0.0946. The molecule has 1 unspecified atom stereocenters. The van der Waals surface area contributed by atoms with Crippen LogP contribution in [0.1, 0.15) is 25.8 Å². The van der Waals surface area contributed by atoms with Gasteiger partial charge in [-0.2, -0.15) is 0 Å². The topological polar surface area (TPSA) is 29.1 Å². The number of benzene rings is 1. The predicted octanol–water partition coefficient (Wildman–Crippen LogP) is 3.11. The highest BCUT2D eigenvalue weighted by Crippen LogP contribution is 2.11. The van der Waals surface area contributed by atoms with E-state index in [1.807, 2.05) is 38.1 Å². The van der Waals surface area contributed by atoms with Gasteiger partial charge in [0.15, 0.2) is 0 Å². The summed E-state index contributed by atoms with van der Waals surface area (Å²) < 4.78 is 1.04. The first-order valence-electron chi connectivity index (χ1n) is 5.15. The van der Waals surface area contributed by atoms with Crippen LogP contribution in [0.5, 0.6) is 0 Å². The minimum atomic E-state index is 0.0946. The Morgan fingerprint density at radius 2 is 2.27 bits per heavy atom. The molecule has 0 saturated heterocycles. The summed E-state index contributed by atoms with van der Waals surface area (Å²) in [6.07, 6.45) is 0.879. The lowest BCUT2D eigenvalue weighted by Crippen LogP contribution is -2.28. The summed E-state index contributed by atoms with van der Waals surface area (Å²) >= 11 is 3.40. The molecular weight excluding hydrogens is 254 g/mol. The zero-order chi connectivity index (χ0) is 11.3. The summed E-state index contributed by atoms with van der Waals surface area (Å²) in [5.74, 6) is 0.217. The molecule has 15 heavy (non-hydrogen) atoms. The maximum absolute atomic E-state index is 11.5. The third kappa shape index (κ3) is 4.04. The molecule has 0 aliphatic rings. The molecular formula is C12H16BrNO. The van der Waals surface area contributed by atoms with Gasteiger partial charge in [0.2, 0.25) is 5.91 Å². The van der Waals surface area contributed by atoms with Crippen LogP contribution in [0.15, 0.2) is 28.7 Å². The van der Waals surface area contributed by atoms with E-state index < -0.39 is 0 Å². The van der Waals surface area contributed by atoms with Crippen LogP contribution in [-0.2, 0) is 11.3 Å². The lowest BCUT2D eigenvalue weighted by Gasteiger charge is -2.09. The molecule has 1 aromatic rings. The summed E-state index contributed by atoms with van der Waals surface area (Å²) in [5.41, 5.74) is 1.11. The van der Waals surface area contributed by atoms with Gasteiger partial charge in [0.1, 0.15) is 0 Å². The summed E-state index contributed by atoms with van der Waals surface area (Å²) in [4.78, 5) is 11.5. The van der Waals surface area contributed by atoms with Gasteiger partial charge < -0.3 is 5.32 Å². The molecule has 1 atom stereocenters. The molecule has 0 radical (unpaired) electrons. The number of carbonyl (C=O) groups is 1. The van der Waals surface area contributed by atoms with Gasteiger partial charge >= 0.3 is 0 Å². The molecule has 0 aliphatic carbocycles. The standard InChI is InChI=1S/C12H16BrNO/c1-3-9(2)12(15)14-8-10-5-4-6-11(13)7-10/h4-7,9H,3,8H2,1-2H3,(H,14,15). The second-order valence-corrected chi connectivity index (χ2v) is 4.57. The number of rotatable bonds is 4. The molecule has 0 bridgehead atoms. The molecule has 0 saturated carbocycles. The quantitative estimate of drug-likeness (QED) is 0.894. The fraction of sp³-hybridized carbons (Fsp3) is 0.417. The van der Waals surface area contributed by atoms with Crippen molar-refractivity contribution in [2.75, 3.05) is 0 Å². The first-order valence-corrected chi connectivity index (χ1v) is 5.95. The Kier molecular flexibility index (Phi) is 4.82. The Labute approximate surface area is 99.2 Å². The molecule has 0 heterocycles. The zero-order valence-corrected chi connectivity index (χ0v) is 10.7. The number of carbonyl (C=O) groups excluding carboxylic acids is 1. The first kappa shape index (κ1) is 12.2. The highest BCUT2D eigenvalue weighted by atomic mass is 79.9. The lowest BCUT2D eigenvalue weighted by molar-refractivity contribution is -0.124. The Bertz CT molecular complexity index is 338. The smallest absolute Gasteiger partial charge is 0.223 e. The van der Waals surface area contributed by atoms with Crippen molar-refractivity contribution in [1.82, 2.24) is 5.32 Å². The van der Waals surface area contributed by atoms with Gasteiger partial charge in [0, 0.05) is 16.9 Å². The average molecular weight is 270 g/mol. The van der Waals surface area contributed by atoms with Crippen LogP contribution in [0.3, 0.4) is 0 Å². The van der Waals surface area contributed by atoms with Crippen LogP contribution >= 0.6 is 15.9 Å². The zero-order valence-electron chi connectivity index (χ0n) is 9.09. The van der Waals surface area contributed by atoms with E-state index in [-0.39, 0.29) is 11.8 Å². The monoisotopic (exact) mass is 269 g/mol. The number of hydrogen-bond donors (Lipinski definition) is 1. The molecule has 0 fully saturated rings. The van der Waals surface area contributed by atoms with Crippen LogP contribution in [0.4, 0.5) is 0 Å². The Morgan fingerprint density at radius 1 is 1.53 bits per heavy atom. The molecule has 0 aliphatic heterocycles. The van der Waals surface area contributed by atoms with Gasteiger partial charge in [-0.25, -0.2) is 0 Å². The molecule has 0 spiro atoms. The van der Waals surface area contributed by atoms with Crippen molar-refractivity contribution < 1.29 is 4.79 Å². The van der Waals surface area contributed by atoms with E-state index in [1.54, 1.807) is 0 Å². The molecule has 82 valence electrons. The number of nitrogens with one attached hydrogen (secondary N) is 1. The second-order valence-electron chi connectivity index (χ2n) is 3.66. The van der Waals surface area contributed by atoms with E-state index in [0.29, 0.717) is 6.54 Å². The van der Waals surface area contributed by atoms with E-state index in [1.165, 1.54) is 0 Å². The van der Waals surface area contributed by atoms with Gasteiger partial charge in [-0.1, -0.05) is 41.9 Å². The third-order valence-corrected chi connectivity index (χ3v) is 2.91. The summed E-state index contributed by atoms with van der Waals surface area (Å²) in [7, 11) is 0. The molecule has 1 aromatic carbocycles. The van der Waals surface area contributed by atoms with E-state index in [4.69, 9.17) is 0 Å². The maximum atomic E-state index is 11.5. The second kappa shape index (κ2) is 5.91. The van der Waals surface area contributed by atoms with Gasteiger partial charge in [0.25, 0.3) is 0 Å². The third-order valence-electron chi connectivity index (χ3n) is 2.42. The Balaban J connectivity index is 2.47. The van der Waals surface area contributed by atoms with Crippen molar-refractivity contribution >= 4 is 21.8 Å². The number of halogens is 1. The van der Waals surface area contributed by atoms with Crippen molar-refractivity contribution in [2.45, 2.75) is 26.8 Å². The number of hydrogen-bond acceptors (Lipinski definition) is 1. The lowest BCUT2D eigenvalue weighted by atomic mass is 10.1. The molecule has 1 amide bonds. The molecule has 2 nitrogen and oxygen atoms in total. The maximum Gasteiger partial charge on any atom is 0.223 e. The van der Waals surface area contributed by atoms with Crippen molar-refractivity contribution in [3.05, 3.63) is 34.3 Å². The van der Waals surface area contributed by atoms with Gasteiger partial charge in [-0.3, -0.25) is 4.79 Å². The van der Waals surface area contributed by atoms with E-state index >= 15 is 0 Å².